The van der Waals surface area contributed by atoms with Gasteiger partial charge in [0.2, 0.25) is 11.8 Å². The molecule has 2 N–H and O–H groups in total. The standard InChI is InChI=1S/C21H27Br3FN5O4/c1-12-10-28(6-7-29(12)19(21(22,23)24)27-14(3)32)18-5-4-15(8-17(18)25)30-11-16(34-20(30)33)9-26-13(2)31/h4-5,8,12,16,19H,6-7,9-11H2,1-3H3,(H,26,31)(H,27,32)/t12?,16-,19?/m0/s1. The lowest BCUT2D eigenvalue weighted by Crippen LogP contribution is -2.63. The van der Waals surface area contributed by atoms with E-state index in [-0.39, 0.29) is 37.1 Å². The molecule has 2 aliphatic rings. The maximum absolute atomic E-state index is 15.1. The summed E-state index contributed by atoms with van der Waals surface area (Å²) in [4.78, 5) is 40.5. The third-order valence-corrected chi connectivity index (χ3v) is 7.00. The summed E-state index contributed by atoms with van der Waals surface area (Å²) in [5, 5.41) is 5.55. The van der Waals surface area contributed by atoms with Gasteiger partial charge in [-0.15, -0.1) is 0 Å². The van der Waals surface area contributed by atoms with E-state index in [1.54, 1.807) is 12.1 Å². The fourth-order valence-electron chi connectivity index (χ4n) is 4.14. The van der Waals surface area contributed by atoms with Crippen molar-refractivity contribution in [3.05, 3.63) is 24.0 Å². The minimum atomic E-state index is -0.718. The number of benzene rings is 1. The summed E-state index contributed by atoms with van der Waals surface area (Å²) in [6, 6.07) is 4.68. The number of piperazine rings is 1. The summed E-state index contributed by atoms with van der Waals surface area (Å²) in [5.74, 6) is -0.814. The zero-order chi connectivity index (χ0) is 25.2. The zero-order valence-electron chi connectivity index (χ0n) is 19.0. The van der Waals surface area contributed by atoms with Crippen molar-refractivity contribution in [3.8, 4) is 0 Å². The number of nitrogens with zero attached hydrogens (tertiary/aromatic N) is 3. The smallest absolute Gasteiger partial charge is 0.414 e. The average Bonchev–Trinajstić information content (AvgIpc) is 3.10. The van der Waals surface area contributed by atoms with E-state index in [9.17, 15) is 14.4 Å². The highest BCUT2D eigenvalue weighted by Gasteiger charge is 2.41. The number of hydrogen-bond donors (Lipinski definition) is 2. The van der Waals surface area contributed by atoms with Gasteiger partial charge in [0.15, 0.2) is 2.14 Å². The van der Waals surface area contributed by atoms with Gasteiger partial charge in [-0.3, -0.25) is 19.4 Å². The summed E-state index contributed by atoms with van der Waals surface area (Å²) < 4.78 is 19.7. The Hall–Kier alpha value is -1.44. The van der Waals surface area contributed by atoms with Gasteiger partial charge in [-0.2, -0.15) is 0 Å². The second kappa shape index (κ2) is 11.1. The number of cyclic esters (lactones) is 1. The first-order chi connectivity index (χ1) is 15.9. The molecule has 3 amide bonds. The van der Waals surface area contributed by atoms with Crippen LogP contribution in [0.3, 0.4) is 0 Å². The molecule has 0 bridgehead atoms. The molecule has 34 heavy (non-hydrogen) atoms. The Balaban J connectivity index is 1.68. The van der Waals surface area contributed by atoms with Crippen molar-refractivity contribution in [2.24, 2.45) is 0 Å². The number of anilines is 2. The SMILES string of the molecule is CC(=O)NC[C@H]1CN(c2ccc(N3CCN(C(NC(C)=O)C(Br)(Br)Br)C(C)C3)c(F)c2)C(=O)O1. The highest BCUT2D eigenvalue weighted by molar-refractivity contribution is 9.39. The number of amides is 3. The van der Waals surface area contributed by atoms with Crippen LogP contribution in [0.15, 0.2) is 18.2 Å². The molecule has 0 saturated carbocycles. The lowest BCUT2D eigenvalue weighted by Gasteiger charge is -2.46. The van der Waals surface area contributed by atoms with E-state index < -0.39 is 20.2 Å². The number of carbonyl (C=O) groups is 3. The van der Waals surface area contributed by atoms with E-state index in [1.807, 2.05) is 11.8 Å². The predicted molar refractivity (Wildman–Crippen MR) is 138 cm³/mol. The van der Waals surface area contributed by atoms with Crippen molar-refractivity contribution < 1.29 is 23.5 Å². The molecule has 2 aliphatic heterocycles. The number of hydrogen-bond acceptors (Lipinski definition) is 6. The summed E-state index contributed by atoms with van der Waals surface area (Å²) in [6.45, 7) is 6.97. The first kappa shape index (κ1) is 27.2. The number of carbonyl (C=O) groups excluding carboxylic acids is 3. The minimum Gasteiger partial charge on any atom is -0.442 e. The highest BCUT2D eigenvalue weighted by Crippen LogP contribution is 2.40. The van der Waals surface area contributed by atoms with Crippen LogP contribution in [-0.2, 0) is 14.3 Å². The third kappa shape index (κ3) is 6.61. The Morgan fingerprint density at radius 2 is 1.91 bits per heavy atom. The lowest BCUT2D eigenvalue weighted by atomic mass is 10.1. The van der Waals surface area contributed by atoms with Crippen LogP contribution >= 0.6 is 47.8 Å². The molecule has 0 spiro atoms. The molecule has 9 nitrogen and oxygen atoms in total. The normalized spacial score (nSPS) is 22.4. The average molecular weight is 672 g/mol. The fraction of sp³-hybridized carbons (Fsp3) is 0.571. The van der Waals surface area contributed by atoms with E-state index in [0.29, 0.717) is 31.0 Å². The monoisotopic (exact) mass is 669 g/mol. The van der Waals surface area contributed by atoms with Crippen LogP contribution < -0.4 is 20.4 Å². The van der Waals surface area contributed by atoms with E-state index >= 15 is 4.39 Å². The van der Waals surface area contributed by atoms with Crippen LogP contribution in [0, 0.1) is 5.82 Å². The molecule has 188 valence electrons. The fourth-order valence-corrected chi connectivity index (χ4v) is 5.27. The van der Waals surface area contributed by atoms with Gasteiger partial charge >= 0.3 is 6.09 Å². The van der Waals surface area contributed by atoms with Crippen molar-refractivity contribution in [1.82, 2.24) is 15.5 Å². The van der Waals surface area contributed by atoms with Gasteiger partial charge in [-0.25, -0.2) is 9.18 Å². The van der Waals surface area contributed by atoms with Crippen LogP contribution in [0.4, 0.5) is 20.6 Å². The first-order valence-corrected chi connectivity index (χ1v) is 13.1. The molecule has 2 fully saturated rings. The Morgan fingerprint density at radius 3 is 2.47 bits per heavy atom. The van der Waals surface area contributed by atoms with Crippen molar-refractivity contribution in [3.63, 3.8) is 0 Å². The second-order valence-electron chi connectivity index (χ2n) is 8.37. The molecule has 2 heterocycles. The summed E-state index contributed by atoms with van der Waals surface area (Å²) in [6.07, 6.45) is -1.44. The maximum atomic E-state index is 15.1. The topological polar surface area (TPSA) is 94.2 Å². The minimum absolute atomic E-state index is 0.000189. The third-order valence-electron chi connectivity index (χ3n) is 5.70. The van der Waals surface area contributed by atoms with Crippen LogP contribution in [0.1, 0.15) is 20.8 Å². The van der Waals surface area contributed by atoms with Gasteiger partial charge in [-0.05, 0) is 25.1 Å². The van der Waals surface area contributed by atoms with Gasteiger partial charge in [0.05, 0.1) is 24.5 Å². The highest BCUT2D eigenvalue weighted by atomic mass is 80.0. The molecule has 0 radical (unpaired) electrons. The molecule has 2 unspecified atom stereocenters. The molecule has 3 atom stereocenters. The largest absolute Gasteiger partial charge is 0.442 e. The molecule has 3 rings (SSSR count). The Labute approximate surface area is 223 Å². The first-order valence-electron chi connectivity index (χ1n) is 10.7. The Bertz CT molecular complexity index is 947. The summed E-state index contributed by atoms with van der Waals surface area (Å²) >= 11 is 10.5. The molecule has 0 aliphatic carbocycles. The van der Waals surface area contributed by atoms with Gasteiger partial charge in [0.1, 0.15) is 18.1 Å². The Kier molecular flexibility index (Phi) is 8.85. The van der Waals surface area contributed by atoms with E-state index in [0.717, 1.165) is 0 Å². The molecule has 1 aromatic carbocycles. The molecule has 2 saturated heterocycles. The van der Waals surface area contributed by atoms with Crippen molar-refractivity contribution in [1.29, 1.82) is 0 Å². The van der Waals surface area contributed by atoms with Gasteiger partial charge in [0, 0.05) is 39.5 Å². The quantitative estimate of drug-likeness (QED) is 0.452. The maximum Gasteiger partial charge on any atom is 0.414 e. The summed E-state index contributed by atoms with van der Waals surface area (Å²) in [7, 11) is 0. The van der Waals surface area contributed by atoms with E-state index in [4.69, 9.17) is 4.74 Å². The van der Waals surface area contributed by atoms with Crippen LogP contribution in [0.5, 0.6) is 0 Å². The van der Waals surface area contributed by atoms with Crippen LogP contribution in [-0.4, -0.2) is 76.0 Å². The number of halogens is 4. The number of alkyl halides is 3. The predicted octanol–water partition coefficient (Wildman–Crippen LogP) is 3.10. The van der Waals surface area contributed by atoms with Gasteiger partial charge < -0.3 is 20.3 Å². The van der Waals surface area contributed by atoms with Crippen molar-refractivity contribution in [2.75, 3.05) is 42.5 Å². The lowest BCUT2D eigenvalue weighted by molar-refractivity contribution is -0.121. The summed E-state index contributed by atoms with van der Waals surface area (Å²) in [5.41, 5.74) is 0.841. The van der Waals surface area contributed by atoms with Crippen molar-refractivity contribution >= 4 is 77.1 Å². The van der Waals surface area contributed by atoms with Crippen LogP contribution in [0.25, 0.3) is 0 Å². The number of rotatable bonds is 6. The number of nitrogens with one attached hydrogen (secondary N) is 2. The number of ether oxygens (including phenoxy) is 1. The van der Waals surface area contributed by atoms with Crippen LogP contribution in [0.2, 0.25) is 0 Å². The van der Waals surface area contributed by atoms with Crippen molar-refractivity contribution in [2.45, 2.75) is 41.2 Å². The van der Waals surface area contributed by atoms with Gasteiger partial charge in [0.25, 0.3) is 0 Å². The Morgan fingerprint density at radius 1 is 1.21 bits per heavy atom. The molecular formula is C21H27Br3FN5O4. The molecule has 13 heteroatoms. The van der Waals surface area contributed by atoms with Gasteiger partial charge in [-0.1, -0.05) is 47.8 Å². The van der Waals surface area contributed by atoms with E-state index in [1.165, 1.54) is 24.8 Å². The molecular weight excluding hydrogens is 645 g/mol. The molecule has 0 aromatic heterocycles. The van der Waals surface area contributed by atoms with E-state index in [2.05, 4.69) is 63.3 Å². The molecule has 1 aromatic rings. The second-order valence-corrected chi connectivity index (χ2v) is 15.3. The zero-order valence-corrected chi connectivity index (χ0v) is 23.7.